The highest BCUT2D eigenvalue weighted by Gasteiger charge is 2.18. The fraction of sp³-hybridized carbons (Fsp3) is 0.0909. The Kier molecular flexibility index (Phi) is 3.71. The van der Waals surface area contributed by atoms with Crippen molar-refractivity contribution in [3.05, 3.63) is 74.0 Å². The third-order valence-corrected chi connectivity index (χ3v) is 6.52. The van der Waals surface area contributed by atoms with Crippen molar-refractivity contribution in [3.8, 4) is 0 Å². The number of benzene rings is 3. The van der Waals surface area contributed by atoms with Gasteiger partial charge in [0.05, 0.1) is 26.8 Å². The van der Waals surface area contributed by atoms with Gasteiger partial charge in [-0.25, -0.2) is 0 Å². The minimum Gasteiger partial charge on any atom is -0.354 e. The summed E-state index contributed by atoms with van der Waals surface area (Å²) in [7, 11) is -4.46. The van der Waals surface area contributed by atoms with Gasteiger partial charge in [-0.15, -0.1) is 0 Å². The molecular weight excluding hydrogens is 404 g/mol. The fourth-order valence-corrected chi connectivity index (χ4v) is 4.81. The first-order chi connectivity index (χ1) is 14.1. The van der Waals surface area contributed by atoms with Gasteiger partial charge in [-0.1, -0.05) is 6.07 Å². The van der Waals surface area contributed by atoms with E-state index in [2.05, 4.69) is 9.97 Å². The second-order valence-electron chi connectivity index (χ2n) is 7.49. The summed E-state index contributed by atoms with van der Waals surface area (Å²) in [6.45, 7) is 3.40. The van der Waals surface area contributed by atoms with Gasteiger partial charge in [0.1, 0.15) is 0 Å². The Balaban J connectivity index is 1.97. The highest BCUT2D eigenvalue weighted by molar-refractivity contribution is 7.85. The third kappa shape index (κ3) is 2.58. The highest BCUT2D eigenvalue weighted by Crippen LogP contribution is 2.26. The fourth-order valence-electron chi connectivity index (χ4n) is 4.08. The second-order valence-corrected chi connectivity index (χ2v) is 8.88. The molecule has 0 unspecified atom stereocenters. The maximum Gasteiger partial charge on any atom is 0.294 e. The molecule has 0 saturated heterocycles. The van der Waals surface area contributed by atoms with Crippen LogP contribution in [0.25, 0.3) is 43.6 Å². The number of hydrogen-bond donors (Lipinski definition) is 3. The van der Waals surface area contributed by atoms with Crippen LogP contribution in [0.3, 0.4) is 0 Å². The molecule has 150 valence electrons. The lowest BCUT2D eigenvalue weighted by molar-refractivity contribution is 0.482. The van der Waals surface area contributed by atoms with Crippen molar-refractivity contribution in [1.82, 2.24) is 9.97 Å². The lowest BCUT2D eigenvalue weighted by Crippen LogP contribution is -2.11. The Morgan fingerprint density at radius 2 is 1.33 bits per heavy atom. The molecule has 3 aromatic carbocycles. The molecule has 0 saturated carbocycles. The average Bonchev–Trinajstić information content (AvgIpc) is 2.66. The van der Waals surface area contributed by atoms with Gasteiger partial charge in [-0.2, -0.15) is 8.42 Å². The minimum atomic E-state index is -4.46. The normalized spacial score (nSPS) is 12.4. The topological polar surface area (TPSA) is 120 Å². The molecule has 7 nitrogen and oxygen atoms in total. The molecular formula is C22H16N2O5S. The SMILES string of the molecule is Cc1ccc2c(=O)c3cc4[nH]c5ccc(S(=O)(=O)O)c(C)c5c(=O)c4cc3[nH]c2c1. The van der Waals surface area contributed by atoms with Gasteiger partial charge in [0.25, 0.3) is 10.1 Å². The Morgan fingerprint density at radius 3 is 2.00 bits per heavy atom. The number of H-pyrrole nitrogens is 2. The van der Waals surface area contributed by atoms with Gasteiger partial charge in [0.2, 0.25) is 0 Å². The van der Waals surface area contributed by atoms with Gasteiger partial charge in [0, 0.05) is 21.7 Å². The summed E-state index contributed by atoms with van der Waals surface area (Å²) in [5.41, 5.74) is 2.72. The molecule has 0 spiro atoms. The maximum atomic E-state index is 13.2. The molecule has 5 aromatic rings. The minimum absolute atomic E-state index is 0.139. The molecule has 0 bridgehead atoms. The summed E-state index contributed by atoms with van der Waals surface area (Å²) in [5.74, 6) is 0. The number of hydrogen-bond acceptors (Lipinski definition) is 4. The summed E-state index contributed by atoms with van der Waals surface area (Å²) in [6, 6.07) is 11.4. The summed E-state index contributed by atoms with van der Waals surface area (Å²) in [6.07, 6.45) is 0. The second kappa shape index (κ2) is 6.01. The molecule has 0 aliphatic rings. The van der Waals surface area contributed by atoms with Crippen molar-refractivity contribution >= 4 is 53.7 Å². The number of aromatic amines is 2. The van der Waals surface area contributed by atoms with E-state index in [-0.39, 0.29) is 26.7 Å². The summed E-state index contributed by atoms with van der Waals surface area (Å²) in [5, 5.41) is 1.49. The van der Waals surface area contributed by atoms with E-state index in [1.165, 1.54) is 19.1 Å². The molecule has 2 heterocycles. The lowest BCUT2D eigenvalue weighted by Gasteiger charge is -2.10. The van der Waals surface area contributed by atoms with E-state index in [1.54, 1.807) is 18.2 Å². The number of rotatable bonds is 1. The number of pyridine rings is 2. The van der Waals surface area contributed by atoms with Gasteiger partial charge < -0.3 is 9.97 Å². The first-order valence-corrected chi connectivity index (χ1v) is 10.6. The van der Waals surface area contributed by atoms with E-state index < -0.39 is 10.1 Å². The largest absolute Gasteiger partial charge is 0.354 e. The third-order valence-electron chi connectivity index (χ3n) is 5.53. The summed E-state index contributed by atoms with van der Waals surface area (Å²) in [4.78, 5) is 32.3. The molecule has 30 heavy (non-hydrogen) atoms. The smallest absolute Gasteiger partial charge is 0.294 e. The highest BCUT2D eigenvalue weighted by atomic mass is 32.2. The van der Waals surface area contributed by atoms with Crippen molar-refractivity contribution in [2.75, 3.05) is 0 Å². The van der Waals surface area contributed by atoms with Crippen molar-refractivity contribution in [2.24, 2.45) is 0 Å². The predicted octanol–water partition coefficient (Wildman–Crippen LogP) is 3.54. The van der Waals surface area contributed by atoms with Crippen molar-refractivity contribution in [2.45, 2.75) is 18.7 Å². The van der Waals surface area contributed by atoms with Crippen LogP contribution >= 0.6 is 0 Å². The van der Waals surface area contributed by atoms with Gasteiger partial charge in [-0.05, 0) is 61.4 Å². The Morgan fingerprint density at radius 1 is 0.733 bits per heavy atom. The molecule has 0 aliphatic carbocycles. The van der Waals surface area contributed by atoms with Gasteiger partial charge in [-0.3, -0.25) is 14.1 Å². The molecule has 5 rings (SSSR count). The quantitative estimate of drug-likeness (QED) is 0.283. The number of nitrogens with one attached hydrogen (secondary N) is 2. The van der Waals surface area contributed by atoms with Crippen LogP contribution in [0.4, 0.5) is 0 Å². The standard InChI is InChI=1S/C22H16N2O5S/c1-10-3-4-12-16(7-10)24-17-9-14-18(8-13(17)21(12)25)23-15-5-6-19(30(27,28)29)11(2)20(15)22(14)26/h3-9H,1-2H3,(H,23,26)(H,24,25)(H,27,28,29). The molecule has 0 radical (unpaired) electrons. The van der Waals surface area contributed by atoms with Crippen molar-refractivity contribution in [1.29, 1.82) is 0 Å². The molecule has 0 atom stereocenters. The zero-order valence-electron chi connectivity index (χ0n) is 16.0. The average molecular weight is 420 g/mol. The van der Waals surface area contributed by atoms with E-state index in [0.717, 1.165) is 5.56 Å². The van der Waals surface area contributed by atoms with Crippen LogP contribution in [-0.2, 0) is 10.1 Å². The number of aryl methyl sites for hydroxylation is 2. The van der Waals surface area contributed by atoms with E-state index in [0.29, 0.717) is 38.2 Å². The zero-order valence-corrected chi connectivity index (χ0v) is 16.8. The predicted molar refractivity (Wildman–Crippen MR) is 117 cm³/mol. The van der Waals surface area contributed by atoms with Crippen LogP contribution in [0.2, 0.25) is 0 Å². The zero-order chi connectivity index (χ0) is 21.4. The van der Waals surface area contributed by atoms with Crippen LogP contribution in [-0.4, -0.2) is 22.9 Å². The first kappa shape index (κ1) is 18.5. The summed E-state index contributed by atoms with van der Waals surface area (Å²) < 4.78 is 32.7. The first-order valence-electron chi connectivity index (χ1n) is 9.18. The summed E-state index contributed by atoms with van der Waals surface area (Å²) >= 11 is 0. The molecule has 0 fully saturated rings. The monoisotopic (exact) mass is 420 g/mol. The van der Waals surface area contributed by atoms with Crippen molar-refractivity contribution in [3.63, 3.8) is 0 Å². The Bertz CT molecular complexity index is 1780. The van der Waals surface area contributed by atoms with Gasteiger partial charge in [0.15, 0.2) is 10.9 Å². The van der Waals surface area contributed by atoms with Crippen LogP contribution in [0, 0.1) is 13.8 Å². The maximum absolute atomic E-state index is 13.2. The van der Waals surface area contributed by atoms with E-state index in [4.69, 9.17) is 0 Å². The molecule has 0 aliphatic heterocycles. The molecule has 0 amide bonds. The lowest BCUT2D eigenvalue weighted by atomic mass is 10.0. The Hall–Kier alpha value is -3.49. The van der Waals surface area contributed by atoms with Crippen molar-refractivity contribution < 1.29 is 13.0 Å². The van der Waals surface area contributed by atoms with E-state index in [1.807, 2.05) is 19.1 Å². The van der Waals surface area contributed by atoms with E-state index in [9.17, 15) is 22.6 Å². The molecule has 3 N–H and O–H groups in total. The molecule has 8 heteroatoms. The number of fused-ring (bicyclic) bond motifs is 4. The van der Waals surface area contributed by atoms with E-state index >= 15 is 0 Å². The van der Waals surface area contributed by atoms with Crippen LogP contribution in [0.1, 0.15) is 11.1 Å². The van der Waals surface area contributed by atoms with Gasteiger partial charge >= 0.3 is 0 Å². The number of aromatic nitrogens is 2. The van der Waals surface area contributed by atoms with Crippen LogP contribution in [0.5, 0.6) is 0 Å². The van der Waals surface area contributed by atoms with Crippen LogP contribution in [0.15, 0.2) is 56.9 Å². The van der Waals surface area contributed by atoms with Crippen LogP contribution < -0.4 is 10.9 Å². The Labute approximate surface area is 169 Å². The molecule has 2 aromatic heterocycles.